The second-order valence-corrected chi connectivity index (χ2v) is 7.48. The van der Waals surface area contributed by atoms with Gasteiger partial charge in [-0.25, -0.2) is 14.4 Å². The molecule has 0 radical (unpaired) electrons. The lowest BCUT2D eigenvalue weighted by Gasteiger charge is -2.33. The van der Waals surface area contributed by atoms with Gasteiger partial charge in [-0.15, -0.1) is 0 Å². The minimum atomic E-state index is -0.362. The SMILES string of the molecule is NC[C@H]1C[C@@H](O)CN1c1cc(N2CCC(c3cccc(F)c3)CC2)ncn1. The standard InChI is InChI=1S/C20H26FN5O/c21-16-3-1-2-15(8-16)14-4-6-25(7-5-14)19-10-20(24-13-23-19)26-12-18(27)9-17(26)11-22/h1-3,8,10,13-14,17-18,27H,4-7,9,11-12,22H2/t17-,18-/m1/s1. The van der Waals surface area contributed by atoms with Gasteiger partial charge in [0.25, 0.3) is 0 Å². The Morgan fingerprint density at radius 1 is 1.15 bits per heavy atom. The van der Waals surface area contributed by atoms with E-state index in [-0.39, 0.29) is 18.0 Å². The van der Waals surface area contributed by atoms with E-state index < -0.39 is 0 Å². The van der Waals surface area contributed by atoms with Crippen LogP contribution in [0, 0.1) is 5.82 Å². The molecule has 3 N–H and O–H groups in total. The Labute approximate surface area is 158 Å². The topological polar surface area (TPSA) is 78.5 Å². The van der Waals surface area contributed by atoms with E-state index in [0.29, 0.717) is 25.4 Å². The highest BCUT2D eigenvalue weighted by Crippen LogP contribution is 2.31. The van der Waals surface area contributed by atoms with Crippen LogP contribution in [0.2, 0.25) is 0 Å². The molecule has 0 amide bonds. The Morgan fingerprint density at radius 3 is 2.67 bits per heavy atom. The molecule has 0 aliphatic carbocycles. The van der Waals surface area contributed by atoms with Crippen molar-refractivity contribution in [2.75, 3.05) is 36.0 Å². The number of halogens is 1. The van der Waals surface area contributed by atoms with E-state index in [0.717, 1.165) is 43.1 Å². The Kier molecular flexibility index (Phi) is 5.22. The first kappa shape index (κ1) is 18.1. The van der Waals surface area contributed by atoms with Crippen molar-refractivity contribution in [2.24, 2.45) is 5.73 Å². The summed E-state index contributed by atoms with van der Waals surface area (Å²) in [5.41, 5.74) is 6.93. The Balaban J connectivity index is 1.44. The molecule has 0 saturated carbocycles. The number of rotatable bonds is 4. The van der Waals surface area contributed by atoms with Crippen molar-refractivity contribution in [1.29, 1.82) is 0 Å². The fourth-order valence-corrected chi connectivity index (χ4v) is 4.27. The summed E-state index contributed by atoms with van der Waals surface area (Å²) in [4.78, 5) is 13.2. The Bertz CT molecular complexity index is 780. The first-order valence-corrected chi connectivity index (χ1v) is 9.61. The van der Waals surface area contributed by atoms with Crippen molar-refractivity contribution < 1.29 is 9.50 Å². The number of hydrogen-bond acceptors (Lipinski definition) is 6. The number of nitrogens with zero attached hydrogens (tertiary/aromatic N) is 4. The van der Waals surface area contributed by atoms with Gasteiger partial charge in [-0.2, -0.15) is 0 Å². The van der Waals surface area contributed by atoms with Gasteiger partial charge in [0.15, 0.2) is 0 Å². The maximum Gasteiger partial charge on any atom is 0.134 e. The third kappa shape index (κ3) is 3.89. The minimum Gasteiger partial charge on any atom is -0.391 e. The maximum atomic E-state index is 13.5. The highest BCUT2D eigenvalue weighted by molar-refractivity contribution is 5.52. The van der Waals surface area contributed by atoms with Gasteiger partial charge in [-0.1, -0.05) is 12.1 Å². The second kappa shape index (κ2) is 7.78. The molecule has 0 unspecified atom stereocenters. The van der Waals surface area contributed by atoms with Gasteiger partial charge in [0.1, 0.15) is 23.8 Å². The van der Waals surface area contributed by atoms with Gasteiger partial charge in [-0.05, 0) is 42.9 Å². The molecule has 1 aromatic heterocycles. The van der Waals surface area contributed by atoms with E-state index in [2.05, 4.69) is 19.8 Å². The summed E-state index contributed by atoms with van der Waals surface area (Å²) < 4.78 is 13.5. The van der Waals surface area contributed by atoms with Crippen molar-refractivity contribution in [3.8, 4) is 0 Å². The van der Waals surface area contributed by atoms with E-state index in [1.165, 1.54) is 6.07 Å². The zero-order chi connectivity index (χ0) is 18.8. The number of hydrogen-bond donors (Lipinski definition) is 2. The molecule has 2 aromatic rings. The van der Waals surface area contributed by atoms with Crippen LogP contribution in [0.15, 0.2) is 36.7 Å². The third-order valence-corrected chi connectivity index (χ3v) is 5.74. The lowest BCUT2D eigenvalue weighted by atomic mass is 9.89. The van der Waals surface area contributed by atoms with Gasteiger partial charge in [0.05, 0.1) is 6.10 Å². The van der Waals surface area contributed by atoms with Crippen molar-refractivity contribution in [1.82, 2.24) is 9.97 Å². The molecule has 2 aliphatic rings. The van der Waals surface area contributed by atoms with Crippen LogP contribution in [0.5, 0.6) is 0 Å². The summed E-state index contributed by atoms with van der Waals surface area (Å²) >= 11 is 0. The van der Waals surface area contributed by atoms with Crippen molar-refractivity contribution >= 4 is 11.6 Å². The van der Waals surface area contributed by atoms with E-state index in [1.807, 2.05) is 12.1 Å². The van der Waals surface area contributed by atoms with E-state index in [4.69, 9.17) is 5.73 Å². The average Bonchev–Trinajstić information content (AvgIpc) is 3.09. The number of piperidine rings is 1. The van der Waals surface area contributed by atoms with Crippen molar-refractivity contribution in [3.63, 3.8) is 0 Å². The van der Waals surface area contributed by atoms with Crippen molar-refractivity contribution in [2.45, 2.75) is 37.3 Å². The van der Waals surface area contributed by atoms with Gasteiger partial charge in [-0.3, -0.25) is 0 Å². The van der Waals surface area contributed by atoms with Gasteiger partial charge in [0.2, 0.25) is 0 Å². The largest absolute Gasteiger partial charge is 0.391 e. The molecule has 7 heteroatoms. The van der Waals surface area contributed by atoms with Crippen LogP contribution >= 0.6 is 0 Å². The van der Waals surface area contributed by atoms with Gasteiger partial charge >= 0.3 is 0 Å². The number of β-amino-alcohol motifs (C(OH)–C–C–N with tert-alkyl or cyclic N) is 1. The van der Waals surface area contributed by atoms with Crippen molar-refractivity contribution in [3.05, 3.63) is 48.0 Å². The van der Waals surface area contributed by atoms with Crippen LogP contribution in [0.25, 0.3) is 0 Å². The fourth-order valence-electron chi connectivity index (χ4n) is 4.27. The van der Waals surface area contributed by atoms with E-state index in [9.17, 15) is 9.50 Å². The molecular weight excluding hydrogens is 345 g/mol. The minimum absolute atomic E-state index is 0.112. The molecule has 2 fully saturated rings. The third-order valence-electron chi connectivity index (χ3n) is 5.74. The van der Waals surface area contributed by atoms with Crippen LogP contribution in [-0.2, 0) is 0 Å². The molecule has 4 rings (SSSR count). The number of aliphatic hydroxyl groups excluding tert-OH is 1. The first-order valence-electron chi connectivity index (χ1n) is 9.61. The first-order chi connectivity index (χ1) is 13.1. The Hall–Kier alpha value is -2.25. The molecule has 2 aliphatic heterocycles. The van der Waals surface area contributed by atoms with Gasteiger partial charge in [0, 0.05) is 38.3 Å². The van der Waals surface area contributed by atoms with E-state index in [1.54, 1.807) is 18.5 Å². The average molecular weight is 371 g/mol. The van der Waals surface area contributed by atoms with Crippen LogP contribution in [0.4, 0.5) is 16.0 Å². The van der Waals surface area contributed by atoms with Gasteiger partial charge < -0.3 is 20.6 Å². The molecule has 3 heterocycles. The molecule has 6 nitrogen and oxygen atoms in total. The van der Waals surface area contributed by atoms with Crippen LogP contribution < -0.4 is 15.5 Å². The molecule has 2 saturated heterocycles. The summed E-state index contributed by atoms with van der Waals surface area (Å²) in [5, 5.41) is 9.96. The smallest absolute Gasteiger partial charge is 0.134 e. The quantitative estimate of drug-likeness (QED) is 0.855. The number of anilines is 2. The summed E-state index contributed by atoms with van der Waals surface area (Å²) in [5.74, 6) is 1.93. The fraction of sp³-hybridized carbons (Fsp3) is 0.500. The number of nitrogens with two attached hydrogens (primary N) is 1. The number of aliphatic hydroxyl groups is 1. The summed E-state index contributed by atoms with van der Waals surface area (Å²) in [6.45, 7) is 2.80. The molecular formula is C20H26FN5O. The maximum absolute atomic E-state index is 13.5. The Morgan fingerprint density at radius 2 is 1.93 bits per heavy atom. The van der Waals surface area contributed by atoms with E-state index >= 15 is 0 Å². The monoisotopic (exact) mass is 371 g/mol. The number of aromatic nitrogens is 2. The summed E-state index contributed by atoms with van der Waals surface area (Å²) in [7, 11) is 0. The predicted octanol–water partition coefficient (Wildman–Crippen LogP) is 1.90. The van der Waals surface area contributed by atoms with Crippen LogP contribution in [-0.4, -0.2) is 53.4 Å². The predicted molar refractivity (Wildman–Crippen MR) is 103 cm³/mol. The van der Waals surface area contributed by atoms with Crippen LogP contribution in [0.3, 0.4) is 0 Å². The second-order valence-electron chi connectivity index (χ2n) is 7.48. The molecule has 1 aromatic carbocycles. The molecule has 144 valence electrons. The molecule has 0 spiro atoms. The summed E-state index contributed by atoms with van der Waals surface area (Å²) in [6.07, 6.45) is 3.84. The highest BCUT2D eigenvalue weighted by atomic mass is 19.1. The molecule has 27 heavy (non-hydrogen) atoms. The normalized spacial score (nSPS) is 23.8. The lowest BCUT2D eigenvalue weighted by molar-refractivity contribution is 0.194. The lowest BCUT2D eigenvalue weighted by Crippen LogP contribution is -2.37. The zero-order valence-electron chi connectivity index (χ0n) is 15.3. The molecule has 0 bridgehead atoms. The number of benzene rings is 1. The summed E-state index contributed by atoms with van der Waals surface area (Å²) in [6, 6.07) is 9.04. The highest BCUT2D eigenvalue weighted by Gasteiger charge is 2.31. The van der Waals surface area contributed by atoms with Crippen LogP contribution in [0.1, 0.15) is 30.7 Å². The zero-order valence-corrected chi connectivity index (χ0v) is 15.3. The molecule has 2 atom stereocenters.